The third kappa shape index (κ3) is 3.73. The normalized spacial score (nSPS) is 17.2. The van der Waals surface area contributed by atoms with Crippen LogP contribution in [0.4, 0.5) is 0 Å². The molecule has 0 radical (unpaired) electrons. The lowest BCUT2D eigenvalue weighted by atomic mass is 10.3. The van der Waals surface area contributed by atoms with Crippen molar-refractivity contribution in [2.75, 3.05) is 40.5 Å². The molecule has 0 aliphatic carbocycles. The van der Waals surface area contributed by atoms with Gasteiger partial charge in [-0.15, -0.1) is 11.3 Å². The van der Waals surface area contributed by atoms with Gasteiger partial charge in [-0.05, 0) is 7.05 Å². The SMILES string of the molecule is CNCc1sc(CN2CCOCC2)nc1COC. The summed E-state index contributed by atoms with van der Waals surface area (Å²) >= 11 is 1.78. The molecule has 1 fully saturated rings. The average Bonchev–Trinajstić information content (AvgIpc) is 2.74. The molecule has 2 rings (SSSR count). The topological polar surface area (TPSA) is 46.6 Å². The maximum Gasteiger partial charge on any atom is 0.107 e. The molecule has 0 unspecified atom stereocenters. The molecule has 102 valence electrons. The van der Waals surface area contributed by atoms with Crippen LogP contribution in [0.25, 0.3) is 0 Å². The van der Waals surface area contributed by atoms with Crippen molar-refractivity contribution < 1.29 is 9.47 Å². The Hall–Kier alpha value is -0.530. The quantitative estimate of drug-likeness (QED) is 0.831. The van der Waals surface area contributed by atoms with Gasteiger partial charge in [-0.1, -0.05) is 0 Å². The van der Waals surface area contributed by atoms with E-state index in [0.29, 0.717) is 6.61 Å². The zero-order valence-electron chi connectivity index (χ0n) is 11.1. The predicted octanol–water partition coefficient (Wildman–Crippen LogP) is 0.841. The number of morpholine rings is 1. The van der Waals surface area contributed by atoms with Gasteiger partial charge in [0.2, 0.25) is 0 Å². The molecule has 0 spiro atoms. The van der Waals surface area contributed by atoms with Crippen LogP contribution >= 0.6 is 11.3 Å². The molecule has 0 aromatic carbocycles. The van der Waals surface area contributed by atoms with Gasteiger partial charge in [-0.3, -0.25) is 4.90 Å². The molecule has 2 heterocycles. The van der Waals surface area contributed by atoms with Crippen molar-refractivity contribution in [3.05, 3.63) is 15.6 Å². The Morgan fingerprint density at radius 3 is 2.89 bits per heavy atom. The molecule has 0 bridgehead atoms. The summed E-state index contributed by atoms with van der Waals surface area (Å²) in [6.07, 6.45) is 0. The first-order valence-electron chi connectivity index (χ1n) is 6.24. The molecule has 6 heteroatoms. The highest BCUT2D eigenvalue weighted by Crippen LogP contribution is 2.21. The number of rotatable bonds is 6. The van der Waals surface area contributed by atoms with E-state index in [1.54, 1.807) is 18.4 Å². The predicted molar refractivity (Wildman–Crippen MR) is 71.7 cm³/mol. The monoisotopic (exact) mass is 271 g/mol. The molecule has 0 atom stereocenters. The van der Waals surface area contributed by atoms with Gasteiger partial charge in [-0.25, -0.2) is 4.98 Å². The third-order valence-corrected chi connectivity index (χ3v) is 3.99. The molecule has 5 nitrogen and oxygen atoms in total. The van der Waals surface area contributed by atoms with Gasteiger partial charge in [0.1, 0.15) is 5.01 Å². The van der Waals surface area contributed by atoms with E-state index >= 15 is 0 Å². The van der Waals surface area contributed by atoms with Gasteiger partial charge < -0.3 is 14.8 Å². The second-order valence-corrected chi connectivity index (χ2v) is 5.50. The van der Waals surface area contributed by atoms with Crippen LogP contribution in [0.15, 0.2) is 0 Å². The summed E-state index contributed by atoms with van der Waals surface area (Å²) in [5.41, 5.74) is 1.07. The summed E-state index contributed by atoms with van der Waals surface area (Å²) in [4.78, 5) is 8.35. The Kier molecular flexibility index (Phi) is 5.52. The Labute approximate surface area is 112 Å². The van der Waals surface area contributed by atoms with Crippen LogP contribution in [0.3, 0.4) is 0 Å². The lowest BCUT2D eigenvalue weighted by Crippen LogP contribution is -2.35. The molecule has 0 saturated carbocycles. The number of methoxy groups -OCH3 is 1. The Bertz CT molecular complexity index is 341. The van der Waals surface area contributed by atoms with Gasteiger partial charge in [0, 0.05) is 31.6 Å². The van der Waals surface area contributed by atoms with E-state index in [2.05, 4.69) is 15.2 Å². The molecule has 18 heavy (non-hydrogen) atoms. The van der Waals surface area contributed by atoms with Crippen LogP contribution < -0.4 is 5.32 Å². The van der Waals surface area contributed by atoms with Crippen LogP contribution in [0, 0.1) is 0 Å². The van der Waals surface area contributed by atoms with Crippen LogP contribution in [0.2, 0.25) is 0 Å². The lowest BCUT2D eigenvalue weighted by molar-refractivity contribution is 0.0341. The third-order valence-electron chi connectivity index (χ3n) is 2.90. The first kappa shape index (κ1) is 13.9. The Morgan fingerprint density at radius 2 is 2.22 bits per heavy atom. The average molecular weight is 271 g/mol. The Morgan fingerprint density at radius 1 is 1.44 bits per heavy atom. The van der Waals surface area contributed by atoms with Crippen LogP contribution in [0.1, 0.15) is 15.6 Å². The summed E-state index contributed by atoms with van der Waals surface area (Å²) in [6, 6.07) is 0. The second-order valence-electron chi connectivity index (χ2n) is 4.33. The largest absolute Gasteiger partial charge is 0.379 e. The minimum Gasteiger partial charge on any atom is -0.379 e. The zero-order chi connectivity index (χ0) is 12.8. The number of ether oxygens (including phenoxy) is 2. The van der Waals surface area contributed by atoms with E-state index in [9.17, 15) is 0 Å². The number of nitrogens with zero attached hydrogens (tertiary/aromatic N) is 2. The molecule has 1 saturated heterocycles. The lowest BCUT2D eigenvalue weighted by Gasteiger charge is -2.25. The summed E-state index contributed by atoms with van der Waals surface area (Å²) < 4.78 is 10.6. The first-order chi connectivity index (χ1) is 8.83. The fourth-order valence-corrected chi connectivity index (χ4v) is 3.13. The van der Waals surface area contributed by atoms with Crippen LogP contribution in [-0.2, 0) is 29.2 Å². The number of aromatic nitrogens is 1. The van der Waals surface area contributed by atoms with Gasteiger partial charge in [0.05, 0.1) is 32.1 Å². The van der Waals surface area contributed by atoms with E-state index in [-0.39, 0.29) is 0 Å². The highest BCUT2D eigenvalue weighted by Gasteiger charge is 2.15. The summed E-state index contributed by atoms with van der Waals surface area (Å²) in [5, 5.41) is 4.36. The highest BCUT2D eigenvalue weighted by molar-refractivity contribution is 7.11. The molecule has 0 amide bonds. The van der Waals surface area contributed by atoms with Gasteiger partial charge >= 0.3 is 0 Å². The van der Waals surface area contributed by atoms with Gasteiger partial charge in [-0.2, -0.15) is 0 Å². The van der Waals surface area contributed by atoms with Gasteiger partial charge in [0.15, 0.2) is 0 Å². The first-order valence-corrected chi connectivity index (χ1v) is 7.06. The highest BCUT2D eigenvalue weighted by atomic mass is 32.1. The molecule has 1 aromatic heterocycles. The summed E-state index contributed by atoms with van der Waals surface area (Å²) in [7, 11) is 3.67. The fraction of sp³-hybridized carbons (Fsp3) is 0.750. The van der Waals surface area contributed by atoms with Crippen molar-refractivity contribution in [2.45, 2.75) is 19.7 Å². The molecular weight excluding hydrogens is 250 g/mol. The van der Waals surface area contributed by atoms with Crippen molar-refractivity contribution in [1.82, 2.24) is 15.2 Å². The van der Waals surface area contributed by atoms with Crippen molar-refractivity contribution >= 4 is 11.3 Å². The fourth-order valence-electron chi connectivity index (χ4n) is 2.00. The molecule has 1 N–H and O–H groups in total. The Balaban J connectivity index is 2.00. The maximum atomic E-state index is 5.35. The number of hydrogen-bond donors (Lipinski definition) is 1. The van der Waals surface area contributed by atoms with Crippen molar-refractivity contribution in [3.8, 4) is 0 Å². The van der Waals surface area contributed by atoms with E-state index in [4.69, 9.17) is 9.47 Å². The van der Waals surface area contributed by atoms with Crippen LogP contribution in [-0.4, -0.2) is 50.3 Å². The number of hydrogen-bond acceptors (Lipinski definition) is 6. The van der Waals surface area contributed by atoms with E-state index < -0.39 is 0 Å². The van der Waals surface area contributed by atoms with E-state index in [1.807, 2.05) is 7.05 Å². The van der Waals surface area contributed by atoms with E-state index in [1.165, 1.54) is 9.88 Å². The number of thiazole rings is 1. The minimum absolute atomic E-state index is 0.594. The molecule has 1 aliphatic heterocycles. The second kappa shape index (κ2) is 7.16. The molecular formula is C12H21N3O2S. The smallest absolute Gasteiger partial charge is 0.107 e. The van der Waals surface area contributed by atoms with Gasteiger partial charge in [0.25, 0.3) is 0 Å². The zero-order valence-corrected chi connectivity index (χ0v) is 11.9. The molecule has 1 aromatic rings. The van der Waals surface area contributed by atoms with Crippen molar-refractivity contribution in [3.63, 3.8) is 0 Å². The summed E-state index contributed by atoms with van der Waals surface area (Å²) in [5.74, 6) is 0. The maximum absolute atomic E-state index is 5.35. The van der Waals surface area contributed by atoms with Crippen molar-refractivity contribution in [2.24, 2.45) is 0 Å². The van der Waals surface area contributed by atoms with E-state index in [0.717, 1.165) is 45.1 Å². The molecule has 1 aliphatic rings. The number of nitrogens with one attached hydrogen (secondary N) is 1. The standard InChI is InChI=1S/C12H21N3O2S/c1-13-7-11-10(9-16-2)14-12(18-11)8-15-3-5-17-6-4-15/h13H,3-9H2,1-2H3. The van der Waals surface area contributed by atoms with Crippen LogP contribution in [0.5, 0.6) is 0 Å². The minimum atomic E-state index is 0.594. The van der Waals surface area contributed by atoms with Crippen molar-refractivity contribution in [1.29, 1.82) is 0 Å². The summed E-state index contributed by atoms with van der Waals surface area (Å²) in [6.45, 7) is 6.05.